The number of hydrogen-bond donors (Lipinski definition) is 0. The zero-order chi connectivity index (χ0) is 32.5. The van der Waals surface area contributed by atoms with Crippen LogP contribution in [0.3, 0.4) is 0 Å². The predicted octanol–water partition coefficient (Wildman–Crippen LogP) is 12.7. The van der Waals surface area contributed by atoms with E-state index in [0.717, 1.165) is 59.4 Å². The Labute approximate surface area is 277 Å². The first kappa shape index (κ1) is 33.1. The van der Waals surface area contributed by atoms with Crippen LogP contribution in [-0.4, -0.2) is 13.2 Å². The van der Waals surface area contributed by atoms with Crippen LogP contribution in [0.15, 0.2) is 97.1 Å². The molecule has 5 aromatic carbocycles. The van der Waals surface area contributed by atoms with E-state index < -0.39 is 0 Å². The van der Waals surface area contributed by atoms with Crippen LogP contribution in [0.25, 0.3) is 44.5 Å². The standard InChI is InChI=1S/C44H50O2/c1-7-9-11-25-45-43-29-42(38-23-19-36(20-24-38)40-16-14-32(4)34(6)28-40)44(46-26-12-10-8-2)30-41(43)37-21-17-35(18-22-37)39-15-13-31(3)33(5)27-39/h13-24,27-30H,7-12,25-26H2,1-6H3. The van der Waals surface area contributed by atoms with Crippen molar-refractivity contribution < 1.29 is 9.47 Å². The molecule has 0 aromatic heterocycles. The molecule has 0 aliphatic rings. The first-order chi connectivity index (χ1) is 22.4. The van der Waals surface area contributed by atoms with Crippen LogP contribution in [0.5, 0.6) is 11.5 Å². The number of benzene rings is 5. The molecule has 0 spiro atoms. The molecule has 2 heteroatoms. The van der Waals surface area contributed by atoms with Crippen molar-refractivity contribution in [2.45, 2.75) is 80.1 Å². The van der Waals surface area contributed by atoms with Gasteiger partial charge in [-0.25, -0.2) is 0 Å². The zero-order valence-electron chi connectivity index (χ0n) is 28.7. The second-order valence-corrected chi connectivity index (χ2v) is 12.7. The fourth-order valence-electron chi connectivity index (χ4n) is 5.84. The summed E-state index contributed by atoms with van der Waals surface area (Å²) < 4.78 is 13.1. The van der Waals surface area contributed by atoms with Gasteiger partial charge in [-0.05, 0) is 108 Å². The van der Waals surface area contributed by atoms with Gasteiger partial charge in [0.25, 0.3) is 0 Å². The fourth-order valence-corrected chi connectivity index (χ4v) is 5.84. The highest BCUT2D eigenvalue weighted by Crippen LogP contribution is 2.42. The highest BCUT2D eigenvalue weighted by atomic mass is 16.5. The van der Waals surface area contributed by atoms with E-state index >= 15 is 0 Å². The number of aryl methyl sites for hydroxylation is 4. The Balaban J connectivity index is 1.54. The summed E-state index contributed by atoms with van der Waals surface area (Å²) in [7, 11) is 0. The van der Waals surface area contributed by atoms with Crippen LogP contribution in [0.2, 0.25) is 0 Å². The van der Waals surface area contributed by atoms with Crippen molar-refractivity contribution in [3.63, 3.8) is 0 Å². The summed E-state index contributed by atoms with van der Waals surface area (Å²) in [5.41, 5.74) is 14.6. The van der Waals surface area contributed by atoms with Gasteiger partial charge in [0, 0.05) is 11.1 Å². The first-order valence-corrected chi connectivity index (χ1v) is 17.2. The fraction of sp³-hybridized carbons (Fsp3) is 0.318. The molecule has 0 aliphatic heterocycles. The van der Waals surface area contributed by atoms with E-state index in [0.29, 0.717) is 13.2 Å². The highest BCUT2D eigenvalue weighted by Gasteiger charge is 2.17. The van der Waals surface area contributed by atoms with Crippen molar-refractivity contribution >= 4 is 0 Å². The number of rotatable bonds is 14. The molecule has 0 saturated carbocycles. The maximum atomic E-state index is 6.56. The Morgan fingerprint density at radius 2 is 0.717 bits per heavy atom. The Bertz CT molecular complexity index is 1600. The average molecular weight is 611 g/mol. The van der Waals surface area contributed by atoms with Gasteiger partial charge in [0.05, 0.1) is 13.2 Å². The summed E-state index contributed by atoms with van der Waals surface area (Å²) >= 11 is 0. The van der Waals surface area contributed by atoms with E-state index in [1.807, 2.05) is 0 Å². The van der Waals surface area contributed by atoms with Crippen LogP contribution < -0.4 is 9.47 Å². The molecule has 0 bridgehead atoms. The van der Waals surface area contributed by atoms with Gasteiger partial charge < -0.3 is 9.47 Å². The Morgan fingerprint density at radius 3 is 1.07 bits per heavy atom. The van der Waals surface area contributed by atoms with E-state index in [-0.39, 0.29) is 0 Å². The molecule has 0 unspecified atom stereocenters. The molecule has 238 valence electrons. The van der Waals surface area contributed by atoms with E-state index in [9.17, 15) is 0 Å². The molecule has 5 rings (SSSR count). The summed E-state index contributed by atoms with van der Waals surface area (Å²) in [6.45, 7) is 14.5. The topological polar surface area (TPSA) is 18.5 Å². The lowest BCUT2D eigenvalue weighted by Crippen LogP contribution is -2.03. The summed E-state index contributed by atoms with van der Waals surface area (Å²) in [5, 5.41) is 0. The molecule has 0 atom stereocenters. The maximum Gasteiger partial charge on any atom is 0.128 e. The SMILES string of the molecule is CCCCCOc1cc(-c2ccc(-c3ccc(C)c(C)c3)cc2)c(OCCCCC)cc1-c1ccc(-c2ccc(C)c(C)c2)cc1. The third kappa shape index (κ3) is 8.10. The van der Waals surface area contributed by atoms with Crippen LogP contribution in [-0.2, 0) is 0 Å². The monoisotopic (exact) mass is 610 g/mol. The number of unbranched alkanes of at least 4 members (excludes halogenated alkanes) is 4. The lowest BCUT2D eigenvalue weighted by molar-refractivity contribution is 0.300. The molecule has 0 heterocycles. The largest absolute Gasteiger partial charge is 0.493 e. The van der Waals surface area contributed by atoms with Gasteiger partial charge in [-0.15, -0.1) is 0 Å². The molecule has 5 aromatic rings. The Hall–Kier alpha value is -4.30. The summed E-state index contributed by atoms with van der Waals surface area (Å²) in [4.78, 5) is 0. The number of ether oxygens (including phenoxy) is 2. The summed E-state index contributed by atoms with van der Waals surface area (Å²) in [6.07, 6.45) is 6.72. The van der Waals surface area contributed by atoms with Crippen LogP contribution in [0, 0.1) is 27.7 Å². The minimum Gasteiger partial charge on any atom is -0.493 e. The Morgan fingerprint density at radius 1 is 0.370 bits per heavy atom. The lowest BCUT2D eigenvalue weighted by Gasteiger charge is -2.19. The molecule has 46 heavy (non-hydrogen) atoms. The summed E-state index contributed by atoms with van der Waals surface area (Å²) in [5.74, 6) is 1.81. The summed E-state index contributed by atoms with van der Waals surface area (Å²) in [6, 6.07) is 35.6. The number of hydrogen-bond acceptors (Lipinski definition) is 2. The van der Waals surface area contributed by atoms with Crippen LogP contribution in [0.1, 0.15) is 74.6 Å². The normalized spacial score (nSPS) is 11.1. The van der Waals surface area contributed by atoms with Crippen molar-refractivity contribution in [2.75, 3.05) is 13.2 Å². The van der Waals surface area contributed by atoms with Crippen molar-refractivity contribution in [2.24, 2.45) is 0 Å². The molecule has 0 aliphatic carbocycles. The van der Waals surface area contributed by atoms with Gasteiger partial charge in [-0.3, -0.25) is 0 Å². The first-order valence-electron chi connectivity index (χ1n) is 17.2. The molecule has 0 N–H and O–H groups in total. The average Bonchev–Trinajstić information content (AvgIpc) is 3.08. The van der Waals surface area contributed by atoms with Gasteiger partial charge in [0.1, 0.15) is 11.5 Å². The Kier molecular flexibility index (Phi) is 11.4. The highest BCUT2D eigenvalue weighted by molar-refractivity contribution is 5.83. The molecule has 0 amide bonds. The smallest absolute Gasteiger partial charge is 0.128 e. The van der Waals surface area contributed by atoms with E-state index in [2.05, 4.69) is 139 Å². The van der Waals surface area contributed by atoms with Gasteiger partial charge in [-0.1, -0.05) is 124 Å². The van der Waals surface area contributed by atoms with Gasteiger partial charge in [0.15, 0.2) is 0 Å². The van der Waals surface area contributed by atoms with Crippen molar-refractivity contribution in [3.05, 3.63) is 119 Å². The quantitative estimate of drug-likeness (QED) is 0.116. The second kappa shape index (κ2) is 15.8. The molecule has 2 nitrogen and oxygen atoms in total. The van der Waals surface area contributed by atoms with Crippen LogP contribution >= 0.6 is 0 Å². The van der Waals surface area contributed by atoms with E-state index in [1.54, 1.807) is 0 Å². The van der Waals surface area contributed by atoms with Crippen molar-refractivity contribution in [1.29, 1.82) is 0 Å². The minimum atomic E-state index is 0.698. The maximum absolute atomic E-state index is 6.56. The second-order valence-electron chi connectivity index (χ2n) is 12.7. The third-order valence-electron chi connectivity index (χ3n) is 9.16. The van der Waals surface area contributed by atoms with Gasteiger partial charge in [0.2, 0.25) is 0 Å². The molecule has 0 radical (unpaired) electrons. The van der Waals surface area contributed by atoms with E-state index in [4.69, 9.17) is 9.47 Å². The molecular weight excluding hydrogens is 560 g/mol. The van der Waals surface area contributed by atoms with Crippen molar-refractivity contribution in [3.8, 4) is 56.0 Å². The molecular formula is C44H50O2. The van der Waals surface area contributed by atoms with Gasteiger partial charge >= 0.3 is 0 Å². The van der Waals surface area contributed by atoms with Crippen molar-refractivity contribution in [1.82, 2.24) is 0 Å². The van der Waals surface area contributed by atoms with Gasteiger partial charge in [-0.2, -0.15) is 0 Å². The molecule has 0 saturated heterocycles. The minimum absolute atomic E-state index is 0.698. The zero-order valence-corrected chi connectivity index (χ0v) is 28.7. The van der Waals surface area contributed by atoms with E-state index in [1.165, 1.54) is 57.3 Å². The lowest BCUT2D eigenvalue weighted by atomic mass is 9.94. The third-order valence-corrected chi connectivity index (χ3v) is 9.16. The van der Waals surface area contributed by atoms with Crippen LogP contribution in [0.4, 0.5) is 0 Å². The predicted molar refractivity (Wildman–Crippen MR) is 197 cm³/mol. The molecule has 0 fully saturated rings.